The van der Waals surface area contributed by atoms with Crippen LogP contribution in [0.25, 0.3) is 11.3 Å². The molecule has 0 unspecified atom stereocenters. The summed E-state index contributed by atoms with van der Waals surface area (Å²) in [6, 6.07) is 4.69. The quantitative estimate of drug-likeness (QED) is 0.581. The molecule has 0 aliphatic rings. The van der Waals surface area contributed by atoms with E-state index in [1.54, 1.807) is 0 Å². The van der Waals surface area contributed by atoms with Crippen molar-refractivity contribution in [2.45, 2.75) is 38.2 Å². The first-order chi connectivity index (χ1) is 14.5. The van der Waals surface area contributed by atoms with Crippen LogP contribution in [0.5, 0.6) is 0 Å². The summed E-state index contributed by atoms with van der Waals surface area (Å²) in [5.74, 6) is -1.10. The van der Waals surface area contributed by atoms with Crippen LogP contribution >= 0.6 is 0 Å². The maximum Gasteiger partial charge on any atom is 0.416 e. The van der Waals surface area contributed by atoms with Crippen LogP contribution in [0.15, 0.2) is 39.5 Å². The molecule has 2 rings (SSSR count). The van der Waals surface area contributed by atoms with Crippen LogP contribution < -0.4 is 5.56 Å². The number of alkyl halides is 6. The van der Waals surface area contributed by atoms with E-state index in [-0.39, 0.29) is 23.5 Å². The highest BCUT2D eigenvalue weighted by Gasteiger charge is 2.30. The second-order valence-electron chi connectivity index (χ2n) is 7.19. The van der Waals surface area contributed by atoms with E-state index >= 15 is 0 Å². The van der Waals surface area contributed by atoms with Crippen molar-refractivity contribution in [3.63, 3.8) is 0 Å². The normalized spacial score (nSPS) is 12.6. The Balaban J connectivity index is 2.47. The fourth-order valence-corrected chi connectivity index (χ4v) is 3.30. The first-order valence-corrected chi connectivity index (χ1v) is 11.4. The number of carbonyl (C=O) groups excluding carboxylic acids is 1. The van der Waals surface area contributed by atoms with E-state index in [1.807, 2.05) is 0 Å². The van der Waals surface area contributed by atoms with Gasteiger partial charge in [-0.1, -0.05) is 12.1 Å². The second-order valence-corrected chi connectivity index (χ2v) is 9.74. The minimum absolute atomic E-state index is 0.0545. The lowest BCUT2D eigenvalue weighted by molar-refractivity contribution is -0.137. The van der Waals surface area contributed by atoms with Gasteiger partial charge in [0, 0.05) is 46.7 Å². The Kier molecular flexibility index (Phi) is 7.53. The lowest BCUT2D eigenvalue weighted by atomic mass is 10.1. The minimum Gasteiger partial charge on any atom is -0.287 e. The van der Waals surface area contributed by atoms with E-state index in [1.165, 1.54) is 12.5 Å². The zero-order valence-electron chi connectivity index (χ0n) is 17.0. The van der Waals surface area contributed by atoms with Gasteiger partial charge in [-0.15, -0.1) is 0 Å². The number of aryl methyl sites for hydroxylation is 1. The molecule has 6 nitrogen and oxygen atoms in total. The topological polar surface area (TPSA) is 81.4 Å². The monoisotopic (exact) mass is 483 g/mol. The maximum absolute atomic E-state index is 12.8. The molecule has 0 aliphatic heterocycles. The lowest BCUT2D eigenvalue weighted by Gasteiger charge is -2.14. The number of hydrogen-bond acceptors (Lipinski definition) is 4. The molecule has 32 heavy (non-hydrogen) atoms. The molecule has 0 radical (unpaired) electrons. The predicted octanol–water partition coefficient (Wildman–Crippen LogP) is 4.07. The summed E-state index contributed by atoms with van der Waals surface area (Å²) in [7, 11) is -2.82. The molecule has 0 saturated heterocycles. The van der Waals surface area contributed by atoms with Gasteiger partial charge in [0.2, 0.25) is 0 Å². The van der Waals surface area contributed by atoms with Crippen molar-refractivity contribution in [1.29, 1.82) is 0 Å². The van der Waals surface area contributed by atoms with Crippen LogP contribution in [-0.2, 0) is 33.7 Å². The Bertz CT molecular complexity index is 1150. The third-order valence-electron chi connectivity index (χ3n) is 4.07. The van der Waals surface area contributed by atoms with E-state index in [0.29, 0.717) is 0 Å². The van der Waals surface area contributed by atoms with E-state index in [2.05, 4.69) is 9.35 Å². The zero-order chi connectivity index (χ0) is 24.3. The molecule has 1 aromatic heterocycles. The van der Waals surface area contributed by atoms with Gasteiger partial charge in [0.05, 0.1) is 11.3 Å². The van der Waals surface area contributed by atoms with Crippen LogP contribution in [-0.4, -0.2) is 38.4 Å². The average molecular weight is 483 g/mol. The summed E-state index contributed by atoms with van der Waals surface area (Å²) < 4.78 is 91.8. The van der Waals surface area contributed by atoms with E-state index in [0.717, 1.165) is 34.9 Å². The minimum atomic E-state index is -4.57. The molecule has 176 valence electrons. The standard InChI is InChI=1S/C19H19F6N3O3S/c1-32(2,31)27-16(29)11-28-15(4-3-9-18(20,21)22)26-14(10-17(28)30)12-5-7-13(8-6-12)19(23,24)25/h5-8,10H,3-4,9,11H2,1-2H3. The van der Waals surface area contributed by atoms with Crippen LogP contribution in [0.1, 0.15) is 24.2 Å². The summed E-state index contributed by atoms with van der Waals surface area (Å²) in [5, 5.41) is 0. The van der Waals surface area contributed by atoms with Crippen molar-refractivity contribution in [1.82, 2.24) is 9.55 Å². The Morgan fingerprint density at radius 1 is 1.09 bits per heavy atom. The maximum atomic E-state index is 12.8. The lowest BCUT2D eigenvalue weighted by Crippen LogP contribution is -2.28. The summed E-state index contributed by atoms with van der Waals surface area (Å²) in [5.41, 5.74) is -1.64. The first-order valence-electron chi connectivity index (χ1n) is 9.10. The fraction of sp³-hybridized carbons (Fsp3) is 0.421. The van der Waals surface area contributed by atoms with Gasteiger partial charge in [-0.25, -0.2) is 9.19 Å². The molecule has 0 N–H and O–H groups in total. The number of hydrogen-bond donors (Lipinski definition) is 0. The van der Waals surface area contributed by atoms with Gasteiger partial charge in [-0.3, -0.25) is 14.2 Å². The largest absolute Gasteiger partial charge is 0.416 e. The van der Waals surface area contributed by atoms with Gasteiger partial charge in [0.15, 0.2) is 0 Å². The third kappa shape index (κ3) is 7.77. The van der Waals surface area contributed by atoms with Gasteiger partial charge in [0.1, 0.15) is 12.4 Å². The van der Waals surface area contributed by atoms with E-state index in [9.17, 15) is 40.1 Å². The summed E-state index contributed by atoms with van der Waals surface area (Å²) in [6.07, 6.45) is -8.55. The number of benzene rings is 1. The van der Waals surface area contributed by atoms with Crippen molar-refractivity contribution in [2.24, 2.45) is 4.36 Å². The number of amides is 1. The molecule has 1 heterocycles. The summed E-state index contributed by atoms with van der Waals surface area (Å²) >= 11 is 0. The Morgan fingerprint density at radius 2 is 1.69 bits per heavy atom. The number of carbonyl (C=O) groups is 1. The van der Waals surface area contributed by atoms with Gasteiger partial charge < -0.3 is 0 Å². The van der Waals surface area contributed by atoms with Gasteiger partial charge >= 0.3 is 12.4 Å². The van der Waals surface area contributed by atoms with E-state index < -0.39 is 58.5 Å². The molecular formula is C19H19F6N3O3S. The van der Waals surface area contributed by atoms with Gasteiger partial charge in [-0.2, -0.15) is 30.7 Å². The molecular weight excluding hydrogens is 464 g/mol. The van der Waals surface area contributed by atoms with Crippen molar-refractivity contribution >= 4 is 15.6 Å². The molecule has 13 heteroatoms. The second kappa shape index (κ2) is 9.43. The SMILES string of the molecule is CS(C)(=O)=NC(=O)Cn1c(CCCC(F)(F)F)nc(-c2ccc(C(F)(F)F)cc2)cc1=O. The molecule has 0 fully saturated rings. The number of aromatic nitrogens is 2. The molecule has 0 bridgehead atoms. The molecule has 0 atom stereocenters. The first kappa shape index (κ1) is 25.6. The van der Waals surface area contributed by atoms with Crippen molar-refractivity contribution in [3.8, 4) is 11.3 Å². The molecule has 1 aromatic carbocycles. The Labute approximate surface area is 179 Å². The summed E-state index contributed by atoms with van der Waals surface area (Å²) in [4.78, 5) is 28.7. The van der Waals surface area contributed by atoms with E-state index in [4.69, 9.17) is 0 Å². The summed E-state index contributed by atoms with van der Waals surface area (Å²) in [6.45, 7) is -0.681. The number of halogens is 6. The highest BCUT2D eigenvalue weighted by atomic mass is 32.2. The van der Waals surface area contributed by atoms with Gasteiger partial charge in [0.25, 0.3) is 11.5 Å². The number of rotatable bonds is 6. The molecule has 1 amide bonds. The van der Waals surface area contributed by atoms with Crippen molar-refractivity contribution in [2.75, 3.05) is 12.5 Å². The Morgan fingerprint density at radius 3 is 2.19 bits per heavy atom. The van der Waals surface area contributed by atoms with Crippen LogP contribution in [0, 0.1) is 0 Å². The third-order valence-corrected chi connectivity index (χ3v) is 4.71. The van der Waals surface area contributed by atoms with Crippen LogP contribution in [0.2, 0.25) is 0 Å². The fourth-order valence-electron chi connectivity index (χ4n) is 2.75. The zero-order valence-corrected chi connectivity index (χ0v) is 17.8. The average Bonchev–Trinajstić information content (AvgIpc) is 2.61. The van der Waals surface area contributed by atoms with Crippen LogP contribution in [0.4, 0.5) is 26.3 Å². The Hall–Kier alpha value is -2.70. The predicted molar refractivity (Wildman–Crippen MR) is 105 cm³/mol. The highest BCUT2D eigenvalue weighted by molar-refractivity contribution is 7.92. The smallest absolute Gasteiger partial charge is 0.287 e. The molecule has 0 aliphatic carbocycles. The number of nitrogens with zero attached hydrogens (tertiary/aromatic N) is 3. The molecule has 0 spiro atoms. The van der Waals surface area contributed by atoms with Crippen molar-refractivity contribution < 1.29 is 35.3 Å². The highest BCUT2D eigenvalue weighted by Crippen LogP contribution is 2.30. The van der Waals surface area contributed by atoms with Crippen molar-refractivity contribution in [3.05, 3.63) is 52.1 Å². The van der Waals surface area contributed by atoms with Crippen LogP contribution in [0.3, 0.4) is 0 Å². The molecule has 0 saturated carbocycles. The van der Waals surface area contributed by atoms with Gasteiger partial charge in [-0.05, 0) is 18.6 Å². The molecule has 2 aromatic rings.